The number of methoxy groups -OCH3 is 1. The van der Waals surface area contributed by atoms with Gasteiger partial charge in [-0.2, -0.15) is 4.99 Å². The summed E-state index contributed by atoms with van der Waals surface area (Å²) in [7, 11) is 1.59. The SMILES string of the molecule is COc1cccc(NC(=O)/N=C(\c2ccccc2)N2CCOCC2)c1. The maximum Gasteiger partial charge on any atom is 0.347 e. The van der Waals surface area contributed by atoms with Crippen molar-refractivity contribution in [3.05, 3.63) is 60.2 Å². The lowest BCUT2D eigenvalue weighted by Crippen LogP contribution is -2.41. The predicted molar refractivity (Wildman–Crippen MR) is 97.4 cm³/mol. The summed E-state index contributed by atoms with van der Waals surface area (Å²) < 4.78 is 10.6. The minimum Gasteiger partial charge on any atom is -0.497 e. The highest BCUT2D eigenvalue weighted by Gasteiger charge is 2.18. The number of benzene rings is 2. The maximum absolute atomic E-state index is 12.4. The van der Waals surface area contributed by atoms with Crippen LogP contribution >= 0.6 is 0 Å². The molecule has 1 fully saturated rings. The molecule has 0 aromatic heterocycles. The molecule has 0 saturated carbocycles. The third kappa shape index (κ3) is 4.58. The number of nitrogens with one attached hydrogen (secondary N) is 1. The first-order valence-electron chi connectivity index (χ1n) is 8.18. The van der Waals surface area contributed by atoms with Gasteiger partial charge in [-0.05, 0) is 12.1 Å². The van der Waals surface area contributed by atoms with Crippen LogP contribution in [0.15, 0.2) is 59.6 Å². The van der Waals surface area contributed by atoms with Gasteiger partial charge in [0.2, 0.25) is 0 Å². The van der Waals surface area contributed by atoms with E-state index in [1.54, 1.807) is 19.2 Å². The maximum atomic E-state index is 12.4. The van der Waals surface area contributed by atoms with E-state index in [2.05, 4.69) is 15.2 Å². The van der Waals surface area contributed by atoms with Crippen molar-refractivity contribution >= 4 is 17.6 Å². The fourth-order valence-electron chi connectivity index (χ4n) is 2.63. The van der Waals surface area contributed by atoms with Crippen molar-refractivity contribution in [3.63, 3.8) is 0 Å². The Morgan fingerprint density at radius 3 is 2.60 bits per heavy atom. The van der Waals surface area contributed by atoms with Gasteiger partial charge in [-0.25, -0.2) is 4.79 Å². The van der Waals surface area contributed by atoms with Gasteiger partial charge in [0.25, 0.3) is 0 Å². The van der Waals surface area contributed by atoms with Crippen LogP contribution in [0, 0.1) is 0 Å². The Kier molecular flexibility index (Phi) is 5.64. The lowest BCUT2D eigenvalue weighted by Gasteiger charge is -2.29. The molecule has 130 valence electrons. The minimum absolute atomic E-state index is 0.418. The van der Waals surface area contributed by atoms with Crippen molar-refractivity contribution in [2.75, 3.05) is 38.7 Å². The number of hydrogen-bond acceptors (Lipinski definition) is 3. The van der Waals surface area contributed by atoms with Gasteiger partial charge in [0, 0.05) is 30.4 Å². The lowest BCUT2D eigenvalue weighted by atomic mass is 10.2. The highest BCUT2D eigenvalue weighted by Crippen LogP contribution is 2.17. The standard InChI is InChI=1S/C19H21N3O3/c1-24-17-9-5-8-16(14-17)20-19(23)21-18(15-6-3-2-4-7-15)22-10-12-25-13-11-22/h2-9,14H,10-13H2,1H3,(H,20,23)/b21-18+. The molecule has 2 amide bonds. The van der Waals surface area contributed by atoms with Crippen LogP contribution in [-0.4, -0.2) is 50.2 Å². The topological polar surface area (TPSA) is 63.2 Å². The van der Waals surface area contributed by atoms with Crippen molar-refractivity contribution in [2.45, 2.75) is 0 Å². The number of rotatable bonds is 3. The molecule has 2 aromatic rings. The Balaban J connectivity index is 1.82. The zero-order valence-electron chi connectivity index (χ0n) is 14.1. The number of anilines is 1. The Labute approximate surface area is 147 Å². The van der Waals surface area contributed by atoms with Crippen molar-refractivity contribution in [1.29, 1.82) is 0 Å². The molecular formula is C19H21N3O3. The molecule has 25 heavy (non-hydrogen) atoms. The molecule has 1 saturated heterocycles. The summed E-state index contributed by atoms with van der Waals surface area (Å²) in [5.41, 5.74) is 1.55. The van der Waals surface area contributed by atoms with Crippen LogP contribution in [0.5, 0.6) is 5.75 Å². The Hall–Kier alpha value is -2.86. The van der Waals surface area contributed by atoms with Gasteiger partial charge in [0.1, 0.15) is 11.6 Å². The molecule has 0 aliphatic carbocycles. The van der Waals surface area contributed by atoms with E-state index < -0.39 is 6.03 Å². The second-order valence-electron chi connectivity index (χ2n) is 5.56. The van der Waals surface area contributed by atoms with Crippen LogP contribution in [0.25, 0.3) is 0 Å². The second-order valence-corrected chi connectivity index (χ2v) is 5.56. The fraction of sp³-hybridized carbons (Fsp3) is 0.263. The number of ether oxygens (including phenoxy) is 2. The Morgan fingerprint density at radius 2 is 1.88 bits per heavy atom. The first-order chi connectivity index (χ1) is 12.3. The number of carbonyl (C=O) groups is 1. The van der Waals surface area contributed by atoms with E-state index in [9.17, 15) is 4.79 Å². The smallest absolute Gasteiger partial charge is 0.347 e. The highest BCUT2D eigenvalue weighted by atomic mass is 16.5. The van der Waals surface area contributed by atoms with Crippen LogP contribution in [0.4, 0.5) is 10.5 Å². The van der Waals surface area contributed by atoms with Gasteiger partial charge in [0.15, 0.2) is 0 Å². The van der Waals surface area contributed by atoms with Gasteiger partial charge < -0.3 is 19.7 Å². The molecule has 6 heteroatoms. The summed E-state index contributed by atoms with van der Waals surface area (Å²) in [5, 5.41) is 2.79. The van der Waals surface area contributed by atoms with Crippen LogP contribution in [0.1, 0.15) is 5.56 Å². The van der Waals surface area contributed by atoms with E-state index in [-0.39, 0.29) is 0 Å². The normalized spacial score (nSPS) is 14.9. The highest BCUT2D eigenvalue weighted by molar-refractivity contribution is 6.07. The average Bonchev–Trinajstić information content (AvgIpc) is 2.67. The van der Waals surface area contributed by atoms with Gasteiger partial charge in [0.05, 0.1) is 20.3 Å². The Morgan fingerprint density at radius 1 is 1.12 bits per heavy atom. The third-order valence-corrected chi connectivity index (χ3v) is 3.87. The molecule has 1 aliphatic heterocycles. The number of carbonyl (C=O) groups excluding carboxylic acids is 1. The van der Waals surface area contributed by atoms with Crippen LogP contribution in [-0.2, 0) is 4.74 Å². The molecule has 3 rings (SSSR count). The van der Waals surface area contributed by atoms with Crippen molar-refractivity contribution < 1.29 is 14.3 Å². The molecule has 0 radical (unpaired) electrons. The number of nitrogens with zero attached hydrogens (tertiary/aromatic N) is 2. The van der Waals surface area contributed by atoms with Crippen LogP contribution < -0.4 is 10.1 Å². The number of amides is 2. The monoisotopic (exact) mass is 339 g/mol. The summed E-state index contributed by atoms with van der Waals surface area (Å²) in [6, 6.07) is 16.5. The van der Waals surface area contributed by atoms with Crippen molar-refractivity contribution in [2.24, 2.45) is 4.99 Å². The molecule has 1 aliphatic rings. The summed E-state index contributed by atoms with van der Waals surface area (Å²) >= 11 is 0. The summed E-state index contributed by atoms with van der Waals surface area (Å²) in [5.74, 6) is 1.34. The summed E-state index contributed by atoms with van der Waals surface area (Å²) in [4.78, 5) is 18.8. The minimum atomic E-state index is -0.418. The zero-order valence-corrected chi connectivity index (χ0v) is 14.1. The number of amidine groups is 1. The van der Waals surface area contributed by atoms with Gasteiger partial charge in [-0.15, -0.1) is 0 Å². The van der Waals surface area contributed by atoms with Crippen molar-refractivity contribution in [3.8, 4) is 5.75 Å². The lowest BCUT2D eigenvalue weighted by molar-refractivity contribution is 0.0682. The summed E-state index contributed by atoms with van der Waals surface area (Å²) in [6.07, 6.45) is 0. The quantitative estimate of drug-likeness (QED) is 0.690. The van der Waals surface area contributed by atoms with Gasteiger partial charge in [-0.3, -0.25) is 0 Å². The van der Waals surface area contributed by atoms with Gasteiger partial charge in [-0.1, -0.05) is 36.4 Å². The molecule has 1 N–H and O–H groups in total. The molecule has 2 aromatic carbocycles. The molecule has 6 nitrogen and oxygen atoms in total. The predicted octanol–water partition coefficient (Wildman–Crippen LogP) is 3.01. The van der Waals surface area contributed by atoms with E-state index in [1.807, 2.05) is 42.5 Å². The van der Waals surface area contributed by atoms with Crippen LogP contribution in [0.3, 0.4) is 0 Å². The molecule has 0 bridgehead atoms. The van der Waals surface area contributed by atoms with Crippen molar-refractivity contribution in [1.82, 2.24) is 4.90 Å². The molecule has 1 heterocycles. The largest absolute Gasteiger partial charge is 0.497 e. The number of morpholine rings is 1. The Bertz CT molecular complexity index is 741. The van der Waals surface area contributed by atoms with E-state index >= 15 is 0 Å². The zero-order chi connectivity index (χ0) is 17.5. The first kappa shape index (κ1) is 17.0. The molecular weight excluding hydrogens is 318 g/mol. The fourth-order valence-corrected chi connectivity index (χ4v) is 2.63. The molecule has 0 unspecified atom stereocenters. The van der Waals surface area contributed by atoms with E-state index in [0.29, 0.717) is 43.6 Å². The van der Waals surface area contributed by atoms with E-state index in [4.69, 9.17) is 9.47 Å². The summed E-state index contributed by atoms with van der Waals surface area (Å²) in [6.45, 7) is 2.67. The number of aliphatic imine (C=N–C) groups is 1. The first-order valence-corrected chi connectivity index (χ1v) is 8.18. The third-order valence-electron chi connectivity index (χ3n) is 3.87. The van der Waals surface area contributed by atoms with Gasteiger partial charge >= 0.3 is 6.03 Å². The van der Waals surface area contributed by atoms with E-state index in [0.717, 1.165) is 5.56 Å². The molecule has 0 atom stereocenters. The average molecular weight is 339 g/mol. The number of hydrogen-bond donors (Lipinski definition) is 1. The van der Waals surface area contributed by atoms with Crippen LogP contribution in [0.2, 0.25) is 0 Å². The van der Waals surface area contributed by atoms with E-state index in [1.165, 1.54) is 0 Å². The second kappa shape index (κ2) is 8.30. The molecule has 0 spiro atoms. The number of urea groups is 1.